The standard InChI is InChI=1S/C6H12O7P2/c1-6(5-7)3-2-4-14(8,9)13-15(10,11)12/h2,4-6H,3H2,1H3,(H,8,9)(H2,10,11,12). The van der Waals surface area contributed by atoms with Gasteiger partial charge in [-0.15, -0.1) is 0 Å². The van der Waals surface area contributed by atoms with E-state index in [2.05, 4.69) is 4.31 Å². The molecule has 15 heavy (non-hydrogen) atoms. The predicted octanol–water partition coefficient (Wildman–Crippen LogP) is 1.02. The third-order valence-corrected chi connectivity index (χ3v) is 3.63. The minimum atomic E-state index is -4.99. The van der Waals surface area contributed by atoms with Gasteiger partial charge in [-0.2, -0.15) is 0 Å². The van der Waals surface area contributed by atoms with E-state index in [1.807, 2.05) is 0 Å². The second kappa shape index (κ2) is 5.70. The Hall–Kier alpha value is -0.290. The monoisotopic (exact) mass is 258 g/mol. The lowest BCUT2D eigenvalue weighted by molar-refractivity contribution is -0.110. The van der Waals surface area contributed by atoms with Gasteiger partial charge < -0.3 is 19.5 Å². The molecule has 7 nitrogen and oxygen atoms in total. The summed E-state index contributed by atoms with van der Waals surface area (Å²) in [7, 11) is -9.43. The van der Waals surface area contributed by atoms with Crippen LogP contribution in [0.4, 0.5) is 0 Å². The Bertz CT molecular complexity index is 330. The first-order chi connectivity index (χ1) is 6.66. The molecule has 0 aromatic rings. The molecule has 0 aromatic heterocycles. The molecule has 0 amide bonds. The van der Waals surface area contributed by atoms with Crippen molar-refractivity contribution in [3.8, 4) is 0 Å². The molecule has 0 heterocycles. The molecule has 0 aromatic carbocycles. The van der Waals surface area contributed by atoms with Crippen LogP contribution in [0.3, 0.4) is 0 Å². The van der Waals surface area contributed by atoms with Crippen molar-refractivity contribution in [2.24, 2.45) is 5.92 Å². The lowest BCUT2D eigenvalue weighted by Crippen LogP contribution is -1.92. The van der Waals surface area contributed by atoms with Gasteiger partial charge in [-0.1, -0.05) is 13.0 Å². The summed E-state index contributed by atoms with van der Waals surface area (Å²) in [6.45, 7) is 1.59. The van der Waals surface area contributed by atoms with Crippen molar-refractivity contribution in [3.63, 3.8) is 0 Å². The van der Waals surface area contributed by atoms with Crippen LogP contribution in [0.15, 0.2) is 11.9 Å². The van der Waals surface area contributed by atoms with Crippen LogP contribution in [0.2, 0.25) is 0 Å². The normalized spacial score (nSPS) is 18.7. The van der Waals surface area contributed by atoms with Gasteiger partial charge in [-0.3, -0.25) is 4.57 Å². The minimum Gasteiger partial charge on any atom is -0.321 e. The first-order valence-corrected chi connectivity index (χ1v) is 7.06. The third-order valence-electron chi connectivity index (χ3n) is 1.26. The highest BCUT2D eigenvalue weighted by molar-refractivity contribution is 7.65. The largest absolute Gasteiger partial charge is 0.477 e. The van der Waals surface area contributed by atoms with Crippen LogP contribution in [-0.2, 0) is 18.2 Å². The topological polar surface area (TPSA) is 121 Å². The number of hydrogen-bond acceptors (Lipinski definition) is 4. The summed E-state index contributed by atoms with van der Waals surface area (Å²) in [5.41, 5.74) is 0. The maximum Gasteiger partial charge on any atom is 0.477 e. The van der Waals surface area contributed by atoms with Gasteiger partial charge in [0.1, 0.15) is 6.29 Å². The van der Waals surface area contributed by atoms with Crippen LogP contribution in [0.5, 0.6) is 0 Å². The van der Waals surface area contributed by atoms with Crippen molar-refractivity contribution in [3.05, 3.63) is 11.9 Å². The van der Waals surface area contributed by atoms with E-state index in [-0.39, 0.29) is 12.3 Å². The number of allylic oxidation sites excluding steroid dienone is 1. The van der Waals surface area contributed by atoms with Crippen molar-refractivity contribution in [1.82, 2.24) is 0 Å². The summed E-state index contributed by atoms with van der Waals surface area (Å²) in [6, 6.07) is 0. The molecule has 0 saturated heterocycles. The van der Waals surface area contributed by atoms with Gasteiger partial charge in [-0.25, -0.2) is 8.88 Å². The molecule has 88 valence electrons. The highest BCUT2D eigenvalue weighted by Gasteiger charge is 2.27. The molecule has 0 bridgehead atoms. The molecule has 9 heteroatoms. The maximum absolute atomic E-state index is 11.0. The Labute approximate surface area is 86.5 Å². The van der Waals surface area contributed by atoms with Crippen molar-refractivity contribution < 1.29 is 32.9 Å². The number of carbonyl (C=O) groups excluding carboxylic acids is 1. The molecule has 0 aliphatic rings. The zero-order valence-corrected chi connectivity index (χ0v) is 9.67. The Morgan fingerprint density at radius 3 is 2.27 bits per heavy atom. The van der Waals surface area contributed by atoms with Crippen LogP contribution in [-0.4, -0.2) is 21.0 Å². The molecule has 2 atom stereocenters. The van der Waals surface area contributed by atoms with Crippen molar-refractivity contribution in [2.75, 3.05) is 0 Å². The number of phosphoric acid groups is 1. The molecule has 2 unspecified atom stereocenters. The first kappa shape index (κ1) is 14.7. The molecular weight excluding hydrogens is 246 g/mol. The Kier molecular flexibility index (Phi) is 5.59. The summed E-state index contributed by atoms with van der Waals surface area (Å²) < 4.78 is 24.9. The van der Waals surface area contributed by atoms with Crippen molar-refractivity contribution in [1.29, 1.82) is 0 Å². The SMILES string of the molecule is CC(C=O)CC=CP(=O)(O)OP(=O)(O)O. The maximum atomic E-state index is 11.0. The molecule has 0 radical (unpaired) electrons. The fourth-order valence-corrected chi connectivity index (χ4v) is 2.47. The van der Waals surface area contributed by atoms with Crippen LogP contribution in [0.25, 0.3) is 0 Å². The Morgan fingerprint density at radius 2 is 1.87 bits per heavy atom. The third kappa shape index (κ3) is 8.69. The summed E-state index contributed by atoms with van der Waals surface area (Å²) in [5, 5.41) is 0. The van der Waals surface area contributed by atoms with Gasteiger partial charge in [0, 0.05) is 11.7 Å². The van der Waals surface area contributed by atoms with Crippen molar-refractivity contribution >= 4 is 21.7 Å². The molecular formula is C6H12O7P2. The molecule has 0 rings (SSSR count). The zero-order valence-electron chi connectivity index (χ0n) is 7.89. The quantitative estimate of drug-likeness (QED) is 0.480. The smallest absolute Gasteiger partial charge is 0.321 e. The number of hydrogen-bond donors (Lipinski definition) is 3. The van der Waals surface area contributed by atoms with Crippen LogP contribution < -0.4 is 0 Å². The van der Waals surface area contributed by atoms with Gasteiger partial charge in [0.15, 0.2) is 0 Å². The summed E-state index contributed by atoms with van der Waals surface area (Å²) >= 11 is 0. The fourth-order valence-electron chi connectivity index (χ4n) is 0.644. The Balaban J connectivity index is 4.32. The molecule has 0 saturated carbocycles. The fraction of sp³-hybridized carbons (Fsp3) is 0.500. The summed E-state index contributed by atoms with van der Waals surface area (Å²) in [4.78, 5) is 35.6. The van der Waals surface area contributed by atoms with E-state index >= 15 is 0 Å². The number of carbonyl (C=O) groups is 1. The van der Waals surface area contributed by atoms with E-state index in [0.717, 1.165) is 6.08 Å². The lowest BCUT2D eigenvalue weighted by Gasteiger charge is -2.08. The molecule has 0 aliphatic heterocycles. The van der Waals surface area contributed by atoms with Crippen LogP contribution >= 0.6 is 15.4 Å². The van der Waals surface area contributed by atoms with E-state index in [1.165, 1.54) is 0 Å². The molecule has 0 spiro atoms. The Morgan fingerprint density at radius 1 is 1.33 bits per heavy atom. The van der Waals surface area contributed by atoms with Crippen LogP contribution in [0, 0.1) is 5.92 Å². The second-order valence-electron chi connectivity index (χ2n) is 2.87. The molecule has 0 fully saturated rings. The van der Waals surface area contributed by atoms with Gasteiger partial charge in [0.25, 0.3) is 0 Å². The van der Waals surface area contributed by atoms with Gasteiger partial charge in [-0.05, 0) is 6.42 Å². The first-order valence-electron chi connectivity index (χ1n) is 3.88. The summed E-state index contributed by atoms with van der Waals surface area (Å²) in [6.07, 6.45) is 2.00. The zero-order chi connectivity index (χ0) is 12.1. The average molecular weight is 258 g/mol. The lowest BCUT2D eigenvalue weighted by atomic mass is 10.1. The highest BCUT2D eigenvalue weighted by Crippen LogP contribution is 2.57. The van der Waals surface area contributed by atoms with E-state index < -0.39 is 15.4 Å². The van der Waals surface area contributed by atoms with Gasteiger partial charge in [0.05, 0.1) is 0 Å². The highest BCUT2D eigenvalue weighted by atomic mass is 31.3. The van der Waals surface area contributed by atoms with E-state index in [1.54, 1.807) is 6.92 Å². The molecule has 3 N–H and O–H groups in total. The minimum absolute atomic E-state index is 0.193. The number of rotatable bonds is 6. The summed E-state index contributed by atoms with van der Waals surface area (Å²) in [5.74, 6) is 0.308. The van der Waals surface area contributed by atoms with Gasteiger partial charge >= 0.3 is 15.4 Å². The molecule has 0 aliphatic carbocycles. The van der Waals surface area contributed by atoms with E-state index in [9.17, 15) is 13.9 Å². The van der Waals surface area contributed by atoms with Crippen molar-refractivity contribution in [2.45, 2.75) is 13.3 Å². The average Bonchev–Trinajstić information content (AvgIpc) is 1.98. The van der Waals surface area contributed by atoms with Crippen LogP contribution in [0.1, 0.15) is 13.3 Å². The van der Waals surface area contributed by atoms with E-state index in [0.29, 0.717) is 12.1 Å². The second-order valence-corrected chi connectivity index (χ2v) is 5.93. The number of aldehydes is 1. The van der Waals surface area contributed by atoms with E-state index in [4.69, 9.17) is 14.7 Å². The predicted molar refractivity (Wildman–Crippen MR) is 51.9 cm³/mol. The van der Waals surface area contributed by atoms with Gasteiger partial charge in [0.2, 0.25) is 0 Å².